The molecule has 0 bridgehead atoms. The monoisotopic (exact) mass is 494 g/mol. The molecule has 7 nitrogen and oxygen atoms in total. The highest BCUT2D eigenvalue weighted by Crippen LogP contribution is 2.07. The maximum absolute atomic E-state index is 11.5. The minimum absolute atomic E-state index is 0. The van der Waals surface area contributed by atoms with E-state index < -0.39 is 0 Å². The number of hydrogen-bond donors (Lipinski definition) is 1. The Hall–Kier alpha value is -0.610. The molecule has 2 aliphatic rings. The van der Waals surface area contributed by atoms with Gasteiger partial charge in [0.05, 0.1) is 0 Å². The molecule has 2 aliphatic heterocycles. The van der Waals surface area contributed by atoms with Crippen molar-refractivity contribution in [2.75, 3.05) is 78.5 Å². The highest BCUT2D eigenvalue weighted by Gasteiger charge is 2.21. The lowest BCUT2D eigenvalue weighted by Crippen LogP contribution is -2.53. The van der Waals surface area contributed by atoms with E-state index in [9.17, 15) is 4.79 Å². The largest absolute Gasteiger partial charge is 0.357 e. The summed E-state index contributed by atoms with van der Waals surface area (Å²) in [6, 6.07) is 0. The highest BCUT2D eigenvalue weighted by atomic mass is 127. The molecule has 2 fully saturated rings. The summed E-state index contributed by atoms with van der Waals surface area (Å²) in [5, 5.41) is 3.42. The molecule has 0 aromatic rings. The third-order valence-electron chi connectivity index (χ3n) is 5.39. The molecule has 0 spiro atoms. The molecule has 1 amide bonds. The third kappa shape index (κ3) is 8.11. The van der Waals surface area contributed by atoms with Crippen LogP contribution in [-0.4, -0.2) is 110 Å². The number of carbonyl (C=O) groups is 1. The van der Waals surface area contributed by atoms with Crippen molar-refractivity contribution in [2.24, 2.45) is 10.9 Å². The Morgan fingerprint density at radius 3 is 2.04 bits per heavy atom. The Morgan fingerprint density at radius 1 is 0.963 bits per heavy atom. The van der Waals surface area contributed by atoms with Gasteiger partial charge in [0.2, 0.25) is 5.91 Å². The quantitative estimate of drug-likeness (QED) is 0.340. The first-order valence-electron chi connectivity index (χ1n) is 10.3. The van der Waals surface area contributed by atoms with Crippen molar-refractivity contribution in [1.82, 2.24) is 24.9 Å². The number of guanidine groups is 1. The van der Waals surface area contributed by atoms with Crippen LogP contribution in [0.15, 0.2) is 4.99 Å². The zero-order valence-corrected chi connectivity index (χ0v) is 19.9. The molecule has 158 valence electrons. The van der Waals surface area contributed by atoms with Crippen molar-refractivity contribution >= 4 is 35.8 Å². The Bertz CT molecular complexity index is 459. The Balaban J connectivity index is 0.00000364. The molecular weight excluding hydrogens is 455 g/mol. The van der Waals surface area contributed by atoms with Gasteiger partial charge in [-0.2, -0.15) is 0 Å². The van der Waals surface area contributed by atoms with Crippen LogP contribution in [0.25, 0.3) is 0 Å². The van der Waals surface area contributed by atoms with Crippen molar-refractivity contribution in [1.29, 1.82) is 0 Å². The van der Waals surface area contributed by atoms with E-state index in [1.54, 1.807) is 6.92 Å². The molecule has 1 atom stereocenters. The third-order valence-corrected chi connectivity index (χ3v) is 5.39. The number of nitrogens with one attached hydrogen (secondary N) is 1. The van der Waals surface area contributed by atoms with Crippen molar-refractivity contribution in [3.63, 3.8) is 0 Å². The predicted molar refractivity (Wildman–Crippen MR) is 123 cm³/mol. The summed E-state index contributed by atoms with van der Waals surface area (Å²) in [5.41, 5.74) is 0. The summed E-state index contributed by atoms with van der Waals surface area (Å²) in [4.78, 5) is 25.7. The predicted octanol–water partition coefficient (Wildman–Crippen LogP) is 1.01. The SMILES string of the molecule is CCNC(=NCC(C)CN1CCN(CC)CC1)N1CCN(C(C)=O)CC1.I. The standard InChI is InChI=1S/C19H38N6O.HI/c1-5-20-19(25-13-11-24(12-14-25)18(4)26)21-15-17(3)16-23-9-7-22(6-2)8-10-23;/h17H,5-16H2,1-4H3,(H,20,21);1H. The molecule has 2 saturated heterocycles. The summed E-state index contributed by atoms with van der Waals surface area (Å²) in [5.74, 6) is 1.72. The van der Waals surface area contributed by atoms with Crippen LogP contribution in [0.4, 0.5) is 0 Å². The molecule has 0 radical (unpaired) electrons. The average molecular weight is 494 g/mol. The lowest BCUT2D eigenvalue weighted by atomic mass is 10.1. The number of piperazine rings is 2. The van der Waals surface area contributed by atoms with Gasteiger partial charge in [0, 0.05) is 78.9 Å². The minimum atomic E-state index is 0. The summed E-state index contributed by atoms with van der Waals surface area (Å²) < 4.78 is 0. The fourth-order valence-corrected chi connectivity index (χ4v) is 3.69. The number of amides is 1. The van der Waals surface area contributed by atoms with Crippen LogP contribution in [0.3, 0.4) is 0 Å². The summed E-state index contributed by atoms with van der Waals surface area (Å²) >= 11 is 0. The van der Waals surface area contributed by atoms with Gasteiger partial charge in [-0.15, -0.1) is 24.0 Å². The number of rotatable bonds is 6. The van der Waals surface area contributed by atoms with E-state index in [4.69, 9.17) is 4.99 Å². The minimum Gasteiger partial charge on any atom is -0.357 e. The second kappa shape index (κ2) is 12.8. The van der Waals surface area contributed by atoms with Gasteiger partial charge < -0.3 is 24.9 Å². The molecule has 0 aliphatic carbocycles. The summed E-state index contributed by atoms with van der Waals surface area (Å²) in [6.45, 7) is 20.3. The normalized spacial score (nSPS) is 21.0. The first kappa shape index (κ1) is 24.4. The van der Waals surface area contributed by atoms with Crippen LogP contribution in [0.1, 0.15) is 27.7 Å². The number of nitrogens with zero attached hydrogens (tertiary/aromatic N) is 5. The number of hydrogen-bond acceptors (Lipinski definition) is 4. The maximum Gasteiger partial charge on any atom is 0.219 e. The molecule has 1 unspecified atom stereocenters. The second-order valence-electron chi connectivity index (χ2n) is 7.53. The second-order valence-corrected chi connectivity index (χ2v) is 7.53. The number of aliphatic imine (C=N–C) groups is 1. The average Bonchev–Trinajstić information content (AvgIpc) is 2.66. The molecule has 0 aromatic carbocycles. The van der Waals surface area contributed by atoms with Crippen molar-refractivity contribution in [3.8, 4) is 0 Å². The Morgan fingerprint density at radius 2 is 1.52 bits per heavy atom. The first-order valence-corrected chi connectivity index (χ1v) is 10.3. The van der Waals surface area contributed by atoms with Crippen LogP contribution in [0.5, 0.6) is 0 Å². The van der Waals surface area contributed by atoms with Gasteiger partial charge in [-0.05, 0) is 19.4 Å². The lowest BCUT2D eigenvalue weighted by Gasteiger charge is -2.36. The van der Waals surface area contributed by atoms with E-state index in [0.29, 0.717) is 5.92 Å². The smallest absolute Gasteiger partial charge is 0.219 e. The van der Waals surface area contributed by atoms with Crippen LogP contribution in [0, 0.1) is 5.92 Å². The molecule has 2 rings (SSSR count). The lowest BCUT2D eigenvalue weighted by molar-refractivity contribution is -0.130. The van der Waals surface area contributed by atoms with Crippen LogP contribution < -0.4 is 5.32 Å². The molecule has 27 heavy (non-hydrogen) atoms. The van der Waals surface area contributed by atoms with Crippen LogP contribution in [-0.2, 0) is 4.79 Å². The highest BCUT2D eigenvalue weighted by molar-refractivity contribution is 14.0. The molecule has 8 heteroatoms. The van der Waals surface area contributed by atoms with E-state index in [2.05, 4.69) is 40.8 Å². The van der Waals surface area contributed by atoms with E-state index in [1.807, 2.05) is 4.90 Å². The molecule has 0 saturated carbocycles. The summed E-state index contributed by atoms with van der Waals surface area (Å²) in [6.07, 6.45) is 0. The maximum atomic E-state index is 11.5. The van der Waals surface area contributed by atoms with E-state index >= 15 is 0 Å². The summed E-state index contributed by atoms with van der Waals surface area (Å²) in [7, 11) is 0. The van der Waals surface area contributed by atoms with Crippen LogP contribution in [0.2, 0.25) is 0 Å². The van der Waals surface area contributed by atoms with Gasteiger partial charge in [-0.1, -0.05) is 13.8 Å². The van der Waals surface area contributed by atoms with Gasteiger partial charge >= 0.3 is 0 Å². The number of likely N-dealkylation sites (N-methyl/N-ethyl adjacent to an activating group) is 1. The van der Waals surface area contributed by atoms with Gasteiger partial charge in [0.1, 0.15) is 0 Å². The zero-order valence-electron chi connectivity index (χ0n) is 17.6. The van der Waals surface area contributed by atoms with Crippen molar-refractivity contribution in [2.45, 2.75) is 27.7 Å². The zero-order chi connectivity index (χ0) is 18.9. The van der Waals surface area contributed by atoms with E-state index in [1.165, 1.54) is 26.2 Å². The van der Waals surface area contributed by atoms with Crippen molar-refractivity contribution < 1.29 is 4.79 Å². The topological polar surface area (TPSA) is 54.4 Å². The Labute approximate surface area is 182 Å². The molecule has 2 heterocycles. The van der Waals surface area contributed by atoms with Crippen molar-refractivity contribution in [3.05, 3.63) is 0 Å². The van der Waals surface area contributed by atoms with Crippen LogP contribution >= 0.6 is 24.0 Å². The fraction of sp³-hybridized carbons (Fsp3) is 0.895. The van der Waals surface area contributed by atoms with Gasteiger partial charge in [-0.25, -0.2) is 0 Å². The fourth-order valence-electron chi connectivity index (χ4n) is 3.69. The van der Waals surface area contributed by atoms with E-state index in [-0.39, 0.29) is 29.9 Å². The molecule has 0 aromatic heterocycles. The Kier molecular flexibility index (Phi) is 11.6. The van der Waals surface area contributed by atoms with Gasteiger partial charge in [-0.3, -0.25) is 9.79 Å². The number of carbonyl (C=O) groups excluding carboxylic acids is 1. The first-order chi connectivity index (χ1) is 12.5. The van der Waals surface area contributed by atoms with Gasteiger partial charge in [0.15, 0.2) is 5.96 Å². The molecule has 1 N–H and O–H groups in total. The molecular formula is C19H39IN6O. The van der Waals surface area contributed by atoms with E-state index in [0.717, 1.165) is 58.3 Å². The van der Waals surface area contributed by atoms with Gasteiger partial charge in [0.25, 0.3) is 0 Å². The number of halogens is 1.